The first-order valence-electron chi connectivity index (χ1n) is 10.8. The number of hydrogen-bond donors (Lipinski definition) is 1. The number of rotatable bonds is 9. The standard InChI is InChI=1S/C25H22F5NO5S/c1-15(2)31(37(34,35)22-12-19(26)11-20(27)13-22)14-16-6-8-21(9-7-16)36-23(24(32)33)17-4-3-5-18(10-17)25(28,29)30/h3-13,15,23H,14H2,1-2H3,(H,32,33). The molecule has 0 aliphatic carbocycles. The predicted molar refractivity (Wildman–Crippen MR) is 123 cm³/mol. The summed E-state index contributed by atoms with van der Waals surface area (Å²) in [5.74, 6) is -3.59. The fourth-order valence-corrected chi connectivity index (χ4v) is 5.15. The average Bonchev–Trinajstić information content (AvgIpc) is 2.80. The Morgan fingerprint density at radius 3 is 2.08 bits per heavy atom. The molecule has 0 heterocycles. The molecule has 0 bridgehead atoms. The van der Waals surface area contributed by atoms with Crippen molar-refractivity contribution in [2.45, 2.75) is 43.6 Å². The third-order valence-electron chi connectivity index (χ3n) is 5.28. The summed E-state index contributed by atoms with van der Waals surface area (Å²) in [7, 11) is -4.28. The van der Waals surface area contributed by atoms with Crippen molar-refractivity contribution >= 4 is 16.0 Å². The van der Waals surface area contributed by atoms with E-state index >= 15 is 0 Å². The molecule has 1 unspecified atom stereocenters. The van der Waals surface area contributed by atoms with E-state index in [9.17, 15) is 40.3 Å². The van der Waals surface area contributed by atoms with Crippen molar-refractivity contribution in [1.29, 1.82) is 0 Å². The molecule has 3 rings (SSSR count). The van der Waals surface area contributed by atoms with Crippen LogP contribution in [0, 0.1) is 11.6 Å². The maximum absolute atomic E-state index is 13.6. The molecule has 0 spiro atoms. The van der Waals surface area contributed by atoms with Gasteiger partial charge in [0.2, 0.25) is 16.1 Å². The molecule has 1 atom stereocenters. The summed E-state index contributed by atoms with van der Waals surface area (Å²) < 4.78 is 98.9. The Morgan fingerprint density at radius 1 is 0.973 bits per heavy atom. The van der Waals surface area contributed by atoms with Crippen LogP contribution in [0.3, 0.4) is 0 Å². The van der Waals surface area contributed by atoms with Gasteiger partial charge in [-0.1, -0.05) is 24.3 Å². The molecular weight excluding hydrogens is 521 g/mol. The fraction of sp³-hybridized carbons (Fsp3) is 0.240. The lowest BCUT2D eigenvalue weighted by Gasteiger charge is -2.26. The van der Waals surface area contributed by atoms with Crippen LogP contribution in [-0.4, -0.2) is 29.8 Å². The van der Waals surface area contributed by atoms with Gasteiger partial charge in [0.15, 0.2) is 0 Å². The van der Waals surface area contributed by atoms with Crippen molar-refractivity contribution in [2.75, 3.05) is 0 Å². The van der Waals surface area contributed by atoms with Gasteiger partial charge in [0, 0.05) is 24.2 Å². The van der Waals surface area contributed by atoms with Gasteiger partial charge in [0.05, 0.1) is 10.5 Å². The Balaban J connectivity index is 1.83. The summed E-state index contributed by atoms with van der Waals surface area (Å²) in [5.41, 5.74) is -0.804. The number of benzene rings is 3. The largest absolute Gasteiger partial charge is 0.478 e. The molecule has 0 fully saturated rings. The highest BCUT2D eigenvalue weighted by molar-refractivity contribution is 7.89. The molecule has 0 saturated heterocycles. The molecule has 0 radical (unpaired) electrons. The minimum absolute atomic E-state index is 0.0136. The number of ether oxygens (including phenoxy) is 1. The summed E-state index contributed by atoms with van der Waals surface area (Å²) in [5, 5.41) is 9.52. The maximum atomic E-state index is 13.6. The zero-order valence-corrected chi connectivity index (χ0v) is 20.4. The minimum atomic E-state index is -4.67. The second-order valence-electron chi connectivity index (χ2n) is 8.35. The first-order valence-corrected chi connectivity index (χ1v) is 12.3. The van der Waals surface area contributed by atoms with Crippen LogP contribution >= 0.6 is 0 Å². The number of aliphatic carboxylic acids is 1. The lowest BCUT2D eigenvalue weighted by atomic mass is 10.1. The first-order chi connectivity index (χ1) is 17.2. The van der Waals surface area contributed by atoms with Crippen molar-refractivity contribution in [3.8, 4) is 5.75 Å². The maximum Gasteiger partial charge on any atom is 0.416 e. The van der Waals surface area contributed by atoms with Gasteiger partial charge in [-0.05, 0) is 55.8 Å². The number of nitrogens with zero attached hydrogens (tertiary/aromatic N) is 1. The van der Waals surface area contributed by atoms with E-state index in [1.165, 1.54) is 30.3 Å². The Kier molecular flexibility index (Phi) is 8.23. The van der Waals surface area contributed by atoms with Gasteiger partial charge in [-0.3, -0.25) is 0 Å². The average molecular weight is 544 g/mol. The second kappa shape index (κ2) is 10.9. The van der Waals surface area contributed by atoms with E-state index in [0.29, 0.717) is 29.8 Å². The van der Waals surface area contributed by atoms with Crippen molar-refractivity contribution < 1.29 is 45.0 Å². The zero-order valence-electron chi connectivity index (χ0n) is 19.5. The topological polar surface area (TPSA) is 83.9 Å². The molecule has 3 aromatic rings. The summed E-state index contributed by atoms with van der Waals surface area (Å²) in [6.45, 7) is 2.98. The molecule has 37 heavy (non-hydrogen) atoms. The van der Waals surface area contributed by atoms with E-state index in [1.807, 2.05) is 0 Å². The van der Waals surface area contributed by atoms with E-state index in [-0.39, 0.29) is 17.9 Å². The van der Waals surface area contributed by atoms with E-state index in [0.717, 1.165) is 16.4 Å². The SMILES string of the molecule is CC(C)N(Cc1ccc(OC(C(=O)O)c2cccc(C(F)(F)F)c2)cc1)S(=O)(=O)c1cc(F)cc(F)c1. The predicted octanol–water partition coefficient (Wildman–Crippen LogP) is 5.79. The van der Waals surface area contributed by atoms with E-state index in [1.54, 1.807) is 13.8 Å². The van der Waals surface area contributed by atoms with Gasteiger partial charge in [-0.15, -0.1) is 0 Å². The Hall–Kier alpha value is -3.51. The van der Waals surface area contributed by atoms with E-state index < -0.39 is 56.4 Å². The summed E-state index contributed by atoms with van der Waals surface area (Å²) in [6, 6.07) is 10.7. The number of carboxylic acids is 1. The monoisotopic (exact) mass is 543 g/mol. The Bertz CT molecular complexity index is 1350. The molecule has 0 amide bonds. The van der Waals surface area contributed by atoms with Gasteiger partial charge in [-0.2, -0.15) is 17.5 Å². The lowest BCUT2D eigenvalue weighted by Crippen LogP contribution is -2.36. The number of carbonyl (C=O) groups is 1. The van der Waals surface area contributed by atoms with Crippen molar-refractivity contribution in [3.05, 3.63) is 95.1 Å². The van der Waals surface area contributed by atoms with Gasteiger partial charge in [0.25, 0.3) is 0 Å². The van der Waals surface area contributed by atoms with Crippen LogP contribution in [0.5, 0.6) is 5.75 Å². The lowest BCUT2D eigenvalue weighted by molar-refractivity contribution is -0.146. The molecule has 1 N–H and O–H groups in total. The molecule has 3 aromatic carbocycles. The molecule has 0 aliphatic rings. The van der Waals surface area contributed by atoms with Crippen molar-refractivity contribution in [2.24, 2.45) is 0 Å². The van der Waals surface area contributed by atoms with E-state index in [2.05, 4.69) is 0 Å². The van der Waals surface area contributed by atoms with Gasteiger partial charge < -0.3 is 9.84 Å². The summed E-state index contributed by atoms with van der Waals surface area (Å²) in [4.78, 5) is 11.2. The van der Waals surface area contributed by atoms with Gasteiger partial charge in [0.1, 0.15) is 17.4 Å². The second-order valence-corrected chi connectivity index (χ2v) is 10.2. The number of halogens is 5. The number of carboxylic acid groups (broad SMARTS) is 1. The fourth-order valence-electron chi connectivity index (χ4n) is 3.49. The van der Waals surface area contributed by atoms with Crippen LogP contribution in [-0.2, 0) is 27.5 Å². The van der Waals surface area contributed by atoms with Crippen LogP contribution in [0.4, 0.5) is 22.0 Å². The normalized spacial score (nSPS) is 13.1. The van der Waals surface area contributed by atoms with Crippen LogP contribution in [0.2, 0.25) is 0 Å². The highest BCUT2D eigenvalue weighted by atomic mass is 32.2. The molecule has 6 nitrogen and oxygen atoms in total. The first kappa shape index (κ1) is 28.1. The molecule has 0 aliphatic heterocycles. The smallest absolute Gasteiger partial charge is 0.416 e. The molecule has 198 valence electrons. The van der Waals surface area contributed by atoms with E-state index in [4.69, 9.17) is 4.74 Å². The number of sulfonamides is 1. The number of hydrogen-bond acceptors (Lipinski definition) is 4. The molecule has 0 aromatic heterocycles. The highest BCUT2D eigenvalue weighted by Gasteiger charge is 2.32. The zero-order chi connectivity index (χ0) is 27.5. The van der Waals surface area contributed by atoms with Gasteiger partial charge >= 0.3 is 12.1 Å². The van der Waals surface area contributed by atoms with Crippen LogP contribution in [0.1, 0.15) is 36.6 Å². The van der Waals surface area contributed by atoms with Crippen LogP contribution in [0.25, 0.3) is 0 Å². The molecular formula is C25H22F5NO5S. The molecule has 0 saturated carbocycles. The Labute approximate surface area is 210 Å². The van der Waals surface area contributed by atoms with Crippen LogP contribution < -0.4 is 4.74 Å². The third-order valence-corrected chi connectivity index (χ3v) is 7.27. The highest BCUT2D eigenvalue weighted by Crippen LogP contribution is 2.32. The molecule has 12 heteroatoms. The number of alkyl halides is 3. The third kappa shape index (κ3) is 6.83. The summed E-state index contributed by atoms with van der Waals surface area (Å²) in [6.07, 6.45) is -6.40. The van der Waals surface area contributed by atoms with Crippen molar-refractivity contribution in [1.82, 2.24) is 4.31 Å². The Morgan fingerprint density at radius 2 is 1.57 bits per heavy atom. The van der Waals surface area contributed by atoms with Gasteiger partial charge in [-0.25, -0.2) is 22.0 Å². The minimum Gasteiger partial charge on any atom is -0.478 e. The quantitative estimate of drug-likeness (QED) is 0.346. The summed E-state index contributed by atoms with van der Waals surface area (Å²) >= 11 is 0. The van der Waals surface area contributed by atoms with Crippen LogP contribution in [0.15, 0.2) is 71.6 Å². The van der Waals surface area contributed by atoms with Crippen molar-refractivity contribution in [3.63, 3.8) is 0 Å².